The van der Waals surface area contributed by atoms with E-state index in [1.807, 2.05) is 23.1 Å². The third kappa shape index (κ3) is 6.07. The summed E-state index contributed by atoms with van der Waals surface area (Å²) < 4.78 is 44.8. The zero-order valence-corrected chi connectivity index (χ0v) is 18.8. The second-order valence-electron chi connectivity index (χ2n) is 8.62. The van der Waals surface area contributed by atoms with Crippen molar-refractivity contribution in [1.29, 1.82) is 0 Å². The predicted octanol–water partition coefficient (Wildman–Crippen LogP) is 3.17. The van der Waals surface area contributed by atoms with E-state index in [-0.39, 0.29) is 30.5 Å². The number of rotatable bonds is 6. The van der Waals surface area contributed by atoms with E-state index in [9.17, 15) is 18.0 Å². The van der Waals surface area contributed by atoms with E-state index in [1.54, 1.807) is 0 Å². The lowest BCUT2D eigenvalue weighted by Crippen LogP contribution is -2.50. The van der Waals surface area contributed by atoms with Crippen LogP contribution in [0, 0.1) is 0 Å². The summed E-state index contributed by atoms with van der Waals surface area (Å²) in [5.74, 6) is -0.596. The quantitative estimate of drug-likeness (QED) is 0.658. The number of ether oxygens (including phenoxy) is 1. The molecule has 0 radical (unpaired) electrons. The largest absolute Gasteiger partial charge is 0.437 e. The molecule has 1 aromatic carbocycles. The first-order valence-corrected chi connectivity index (χ1v) is 11.4. The molecule has 4 rings (SSSR count). The SMILES string of the molecule is Nc1ncc(NC2CCC(OCC(=O)N3CCN(c4ccccc4)CC3)CC2)nc1C(F)(F)F. The Morgan fingerprint density at radius 1 is 1.09 bits per heavy atom. The van der Waals surface area contributed by atoms with Gasteiger partial charge in [0.05, 0.1) is 12.3 Å². The van der Waals surface area contributed by atoms with E-state index in [4.69, 9.17) is 10.5 Å². The molecule has 3 N–H and O–H groups in total. The Morgan fingerprint density at radius 3 is 2.41 bits per heavy atom. The molecule has 0 atom stereocenters. The summed E-state index contributed by atoms with van der Waals surface area (Å²) in [7, 11) is 0. The number of amides is 1. The summed E-state index contributed by atoms with van der Waals surface area (Å²) in [6.07, 6.45) is -0.674. The van der Waals surface area contributed by atoms with Crippen LogP contribution in [0.1, 0.15) is 31.4 Å². The van der Waals surface area contributed by atoms with Crippen LogP contribution in [0.2, 0.25) is 0 Å². The van der Waals surface area contributed by atoms with Crippen molar-refractivity contribution < 1.29 is 22.7 Å². The van der Waals surface area contributed by atoms with Crippen molar-refractivity contribution in [3.05, 3.63) is 42.2 Å². The normalized spacial score (nSPS) is 21.4. The number of para-hydroxylation sites is 1. The van der Waals surface area contributed by atoms with Crippen LogP contribution in [0.25, 0.3) is 0 Å². The zero-order chi connectivity index (χ0) is 24.1. The molecule has 1 amide bonds. The van der Waals surface area contributed by atoms with E-state index in [0.29, 0.717) is 38.8 Å². The average Bonchev–Trinajstić information content (AvgIpc) is 2.84. The van der Waals surface area contributed by atoms with Gasteiger partial charge in [-0.05, 0) is 37.8 Å². The molecule has 34 heavy (non-hydrogen) atoms. The van der Waals surface area contributed by atoms with Gasteiger partial charge < -0.3 is 25.6 Å². The fourth-order valence-electron chi connectivity index (χ4n) is 4.39. The lowest BCUT2D eigenvalue weighted by Gasteiger charge is -2.36. The number of hydrogen-bond acceptors (Lipinski definition) is 7. The molecule has 1 aliphatic carbocycles. The number of piperazine rings is 1. The lowest BCUT2D eigenvalue weighted by atomic mass is 9.93. The van der Waals surface area contributed by atoms with Crippen molar-refractivity contribution in [3.63, 3.8) is 0 Å². The van der Waals surface area contributed by atoms with Crippen molar-refractivity contribution in [1.82, 2.24) is 14.9 Å². The van der Waals surface area contributed by atoms with Crippen molar-refractivity contribution in [2.45, 2.75) is 44.0 Å². The fourth-order valence-corrected chi connectivity index (χ4v) is 4.39. The maximum atomic E-state index is 13.0. The number of hydrogen-bond donors (Lipinski definition) is 2. The molecule has 1 aromatic heterocycles. The topological polar surface area (TPSA) is 96.6 Å². The summed E-state index contributed by atoms with van der Waals surface area (Å²) in [5.41, 5.74) is 5.28. The molecule has 1 aliphatic heterocycles. The summed E-state index contributed by atoms with van der Waals surface area (Å²) in [6, 6.07) is 10.1. The van der Waals surface area contributed by atoms with Crippen LogP contribution in [0.5, 0.6) is 0 Å². The molecule has 8 nitrogen and oxygen atoms in total. The molecule has 1 saturated carbocycles. The van der Waals surface area contributed by atoms with Gasteiger partial charge in [-0.3, -0.25) is 4.79 Å². The van der Waals surface area contributed by atoms with Gasteiger partial charge in [-0.25, -0.2) is 9.97 Å². The number of nitrogens with one attached hydrogen (secondary N) is 1. The van der Waals surface area contributed by atoms with Gasteiger partial charge in [-0.1, -0.05) is 18.2 Å². The Labute approximate surface area is 196 Å². The summed E-state index contributed by atoms with van der Waals surface area (Å²) in [5, 5.41) is 3.01. The molecule has 2 heterocycles. The van der Waals surface area contributed by atoms with E-state index < -0.39 is 17.7 Å². The van der Waals surface area contributed by atoms with Crippen LogP contribution in [0.15, 0.2) is 36.5 Å². The highest BCUT2D eigenvalue weighted by molar-refractivity contribution is 5.77. The second-order valence-corrected chi connectivity index (χ2v) is 8.62. The third-order valence-electron chi connectivity index (χ3n) is 6.29. The lowest BCUT2D eigenvalue weighted by molar-refractivity contribution is -0.140. The maximum absolute atomic E-state index is 13.0. The number of aromatic nitrogens is 2. The van der Waals surface area contributed by atoms with Crippen molar-refractivity contribution in [2.75, 3.05) is 48.7 Å². The summed E-state index contributed by atoms with van der Waals surface area (Å²) in [6.45, 7) is 2.95. The number of nitrogen functional groups attached to an aromatic ring is 1. The highest BCUT2D eigenvalue weighted by Gasteiger charge is 2.36. The second kappa shape index (κ2) is 10.5. The molecule has 2 fully saturated rings. The van der Waals surface area contributed by atoms with E-state index in [0.717, 1.165) is 18.8 Å². The number of nitrogens with zero attached hydrogens (tertiary/aromatic N) is 4. The molecule has 184 valence electrons. The minimum absolute atomic E-state index is 0.00945. The summed E-state index contributed by atoms with van der Waals surface area (Å²) >= 11 is 0. The van der Waals surface area contributed by atoms with Crippen LogP contribution < -0.4 is 16.0 Å². The number of alkyl halides is 3. The number of carbonyl (C=O) groups excluding carboxylic acids is 1. The van der Waals surface area contributed by atoms with E-state index in [2.05, 4.69) is 32.3 Å². The van der Waals surface area contributed by atoms with Gasteiger partial charge in [-0.2, -0.15) is 13.2 Å². The van der Waals surface area contributed by atoms with Crippen LogP contribution >= 0.6 is 0 Å². The van der Waals surface area contributed by atoms with Gasteiger partial charge in [-0.15, -0.1) is 0 Å². The number of carbonyl (C=O) groups is 1. The molecule has 0 unspecified atom stereocenters. The molecular formula is C23H29F3N6O2. The summed E-state index contributed by atoms with van der Waals surface area (Å²) in [4.78, 5) is 23.9. The zero-order valence-electron chi connectivity index (χ0n) is 18.8. The van der Waals surface area contributed by atoms with Gasteiger partial charge in [0.2, 0.25) is 5.91 Å². The Kier molecular flexibility index (Phi) is 7.40. The number of benzene rings is 1. The Balaban J connectivity index is 1.18. The number of anilines is 3. The standard InChI is InChI=1S/C23H29F3N6O2/c24-23(25,26)21-22(27)28-14-19(30-21)29-16-6-8-18(9-7-16)34-15-20(33)32-12-10-31(11-13-32)17-4-2-1-3-5-17/h1-5,14,16,18H,6-13,15H2,(H2,27,28)(H,29,30). The molecule has 0 bridgehead atoms. The van der Waals surface area contributed by atoms with Crippen molar-refractivity contribution >= 4 is 23.2 Å². The van der Waals surface area contributed by atoms with Gasteiger partial charge in [0, 0.05) is 37.9 Å². The van der Waals surface area contributed by atoms with Crippen LogP contribution in [0.4, 0.5) is 30.5 Å². The van der Waals surface area contributed by atoms with Crippen molar-refractivity contribution in [3.8, 4) is 0 Å². The van der Waals surface area contributed by atoms with Gasteiger partial charge in [0.1, 0.15) is 12.4 Å². The smallest absolute Gasteiger partial charge is 0.382 e. The molecule has 0 spiro atoms. The van der Waals surface area contributed by atoms with E-state index >= 15 is 0 Å². The minimum atomic E-state index is -4.65. The van der Waals surface area contributed by atoms with Gasteiger partial charge in [0.25, 0.3) is 0 Å². The number of nitrogens with two attached hydrogens (primary N) is 1. The molecule has 2 aromatic rings. The maximum Gasteiger partial charge on any atom is 0.437 e. The molecular weight excluding hydrogens is 449 g/mol. The Hall–Kier alpha value is -3.08. The van der Waals surface area contributed by atoms with Gasteiger partial charge >= 0.3 is 6.18 Å². The minimum Gasteiger partial charge on any atom is -0.382 e. The molecule has 11 heteroatoms. The highest BCUT2D eigenvalue weighted by atomic mass is 19.4. The first kappa shape index (κ1) is 24.1. The monoisotopic (exact) mass is 478 g/mol. The van der Waals surface area contributed by atoms with Gasteiger partial charge in [0.15, 0.2) is 11.5 Å². The van der Waals surface area contributed by atoms with Crippen molar-refractivity contribution in [2.24, 2.45) is 0 Å². The first-order chi connectivity index (χ1) is 16.3. The molecule has 1 saturated heterocycles. The number of halogens is 3. The average molecular weight is 479 g/mol. The fraction of sp³-hybridized carbons (Fsp3) is 0.522. The molecule has 2 aliphatic rings. The Bertz CT molecular complexity index is 959. The first-order valence-electron chi connectivity index (χ1n) is 11.4. The van der Waals surface area contributed by atoms with Crippen LogP contribution in [-0.4, -0.2) is 65.7 Å². The Morgan fingerprint density at radius 2 is 1.76 bits per heavy atom. The van der Waals surface area contributed by atoms with Crippen LogP contribution in [-0.2, 0) is 15.7 Å². The van der Waals surface area contributed by atoms with E-state index in [1.165, 1.54) is 6.20 Å². The third-order valence-corrected chi connectivity index (χ3v) is 6.29. The van der Waals surface area contributed by atoms with Crippen LogP contribution in [0.3, 0.4) is 0 Å². The predicted molar refractivity (Wildman–Crippen MR) is 122 cm³/mol. The highest BCUT2D eigenvalue weighted by Crippen LogP contribution is 2.32.